The van der Waals surface area contributed by atoms with Gasteiger partial charge in [0.1, 0.15) is 0 Å². The van der Waals surface area contributed by atoms with Gasteiger partial charge in [0.15, 0.2) is 5.11 Å². The maximum atomic E-state index is 5.61. The summed E-state index contributed by atoms with van der Waals surface area (Å²) in [6.45, 7) is 8.90. The van der Waals surface area contributed by atoms with E-state index in [0.717, 1.165) is 30.6 Å². The monoisotopic (exact) mass is 312 g/mol. The Balaban J connectivity index is 1.64. The van der Waals surface area contributed by atoms with Gasteiger partial charge in [-0.05, 0) is 62.1 Å². The highest BCUT2D eigenvalue weighted by Gasteiger charge is 2.31. The average Bonchev–Trinajstić information content (AvgIpc) is 2.99. The van der Waals surface area contributed by atoms with Gasteiger partial charge in [0.2, 0.25) is 0 Å². The Hall–Kier alpha value is -0.350. The molecule has 2 aliphatic rings. The molecule has 4 heteroatoms. The molecular weight excluding hydrogens is 280 g/mol. The van der Waals surface area contributed by atoms with Crippen LogP contribution in [0.1, 0.15) is 65.7 Å². The second-order valence-electron chi connectivity index (χ2n) is 7.38. The van der Waals surface area contributed by atoms with Crippen molar-refractivity contribution in [1.29, 1.82) is 0 Å². The Morgan fingerprint density at radius 3 is 2.48 bits per heavy atom. The first-order valence-corrected chi connectivity index (χ1v) is 9.08. The van der Waals surface area contributed by atoms with Crippen molar-refractivity contribution in [1.82, 2.24) is 10.6 Å². The van der Waals surface area contributed by atoms with Gasteiger partial charge in [-0.15, -0.1) is 0 Å². The van der Waals surface area contributed by atoms with Crippen LogP contribution in [-0.2, 0) is 4.74 Å². The zero-order valence-electron chi connectivity index (χ0n) is 13.9. The predicted molar refractivity (Wildman–Crippen MR) is 92.5 cm³/mol. The lowest BCUT2D eigenvalue weighted by molar-refractivity contribution is 0.113. The van der Waals surface area contributed by atoms with Gasteiger partial charge in [-0.2, -0.15) is 0 Å². The van der Waals surface area contributed by atoms with Crippen LogP contribution in [0.4, 0.5) is 0 Å². The zero-order chi connectivity index (χ0) is 15.3. The summed E-state index contributed by atoms with van der Waals surface area (Å²) in [6.07, 6.45) is 9.12. The molecule has 1 aliphatic heterocycles. The first-order chi connectivity index (χ1) is 10.0. The zero-order valence-corrected chi connectivity index (χ0v) is 14.7. The first-order valence-electron chi connectivity index (χ1n) is 8.67. The minimum absolute atomic E-state index is 0.353. The van der Waals surface area contributed by atoms with Crippen LogP contribution < -0.4 is 10.6 Å². The lowest BCUT2D eigenvalue weighted by Gasteiger charge is -2.39. The molecule has 0 aromatic rings. The Kier molecular flexibility index (Phi) is 6.30. The number of hydrogen-bond acceptors (Lipinski definition) is 2. The van der Waals surface area contributed by atoms with Gasteiger partial charge in [-0.3, -0.25) is 0 Å². The highest BCUT2D eigenvalue weighted by Crippen LogP contribution is 2.40. The average molecular weight is 313 g/mol. The lowest BCUT2D eigenvalue weighted by Crippen LogP contribution is -2.46. The van der Waals surface area contributed by atoms with Crippen LogP contribution in [0.3, 0.4) is 0 Å². The van der Waals surface area contributed by atoms with Gasteiger partial charge in [0.05, 0.1) is 6.10 Å². The predicted octanol–water partition coefficient (Wildman–Crippen LogP) is 3.62. The van der Waals surface area contributed by atoms with Crippen molar-refractivity contribution in [3.05, 3.63) is 0 Å². The summed E-state index contributed by atoms with van der Waals surface area (Å²) in [5, 5.41) is 7.63. The second kappa shape index (κ2) is 7.77. The van der Waals surface area contributed by atoms with Gasteiger partial charge in [0.25, 0.3) is 0 Å². The third-order valence-electron chi connectivity index (χ3n) is 5.59. The largest absolute Gasteiger partial charge is 0.376 e. The Labute approximate surface area is 135 Å². The first kappa shape index (κ1) is 17.0. The van der Waals surface area contributed by atoms with Crippen molar-refractivity contribution < 1.29 is 4.74 Å². The molecule has 2 rings (SSSR count). The molecule has 1 heterocycles. The molecule has 0 aromatic heterocycles. The van der Waals surface area contributed by atoms with Crippen LogP contribution >= 0.6 is 12.2 Å². The van der Waals surface area contributed by atoms with Crippen molar-refractivity contribution in [3.8, 4) is 0 Å². The third kappa shape index (κ3) is 5.10. The number of rotatable bonds is 5. The van der Waals surface area contributed by atoms with Crippen molar-refractivity contribution >= 4 is 17.3 Å². The summed E-state index contributed by atoms with van der Waals surface area (Å²) < 4.78 is 5.61. The SMILES string of the molecule is CCC(C)(C)C1CCC(NC(=S)NCC2CCCO2)CC1. The molecular formula is C17H32N2OS. The highest BCUT2D eigenvalue weighted by atomic mass is 32.1. The molecule has 1 saturated carbocycles. The number of nitrogens with one attached hydrogen (secondary N) is 2. The fourth-order valence-electron chi connectivity index (χ4n) is 3.56. The molecule has 1 aliphatic carbocycles. The van der Waals surface area contributed by atoms with E-state index in [0.29, 0.717) is 17.6 Å². The molecule has 0 bridgehead atoms. The van der Waals surface area contributed by atoms with Gasteiger partial charge >= 0.3 is 0 Å². The quantitative estimate of drug-likeness (QED) is 0.760. The minimum Gasteiger partial charge on any atom is -0.376 e. The van der Waals surface area contributed by atoms with E-state index in [1.165, 1.54) is 38.5 Å². The van der Waals surface area contributed by atoms with E-state index < -0.39 is 0 Å². The molecule has 0 aromatic carbocycles. The highest BCUT2D eigenvalue weighted by molar-refractivity contribution is 7.80. The van der Waals surface area contributed by atoms with Crippen LogP contribution in [-0.4, -0.2) is 30.4 Å². The second-order valence-corrected chi connectivity index (χ2v) is 7.79. The summed E-state index contributed by atoms with van der Waals surface area (Å²) in [5.74, 6) is 0.869. The van der Waals surface area contributed by atoms with Gasteiger partial charge in [-0.25, -0.2) is 0 Å². The van der Waals surface area contributed by atoms with E-state index >= 15 is 0 Å². The van der Waals surface area contributed by atoms with Gasteiger partial charge < -0.3 is 15.4 Å². The summed E-state index contributed by atoms with van der Waals surface area (Å²) >= 11 is 5.42. The fourth-order valence-corrected chi connectivity index (χ4v) is 3.81. The number of hydrogen-bond donors (Lipinski definition) is 2. The van der Waals surface area contributed by atoms with E-state index in [9.17, 15) is 0 Å². The lowest BCUT2D eigenvalue weighted by atomic mass is 9.69. The van der Waals surface area contributed by atoms with Crippen LogP contribution in [0.5, 0.6) is 0 Å². The van der Waals surface area contributed by atoms with Crippen LogP contribution in [0.15, 0.2) is 0 Å². The summed E-state index contributed by atoms with van der Waals surface area (Å²) in [7, 11) is 0. The minimum atomic E-state index is 0.353. The molecule has 0 radical (unpaired) electrons. The molecule has 21 heavy (non-hydrogen) atoms. The summed E-state index contributed by atoms with van der Waals surface area (Å²) in [6, 6.07) is 0.554. The maximum absolute atomic E-state index is 5.61. The smallest absolute Gasteiger partial charge is 0.166 e. The van der Waals surface area contributed by atoms with Crippen LogP contribution in [0, 0.1) is 11.3 Å². The summed E-state index contributed by atoms with van der Waals surface area (Å²) in [5.41, 5.74) is 0.490. The Morgan fingerprint density at radius 2 is 1.90 bits per heavy atom. The third-order valence-corrected chi connectivity index (χ3v) is 5.86. The molecule has 3 nitrogen and oxygen atoms in total. The molecule has 122 valence electrons. The van der Waals surface area contributed by atoms with Crippen LogP contribution in [0.25, 0.3) is 0 Å². The molecule has 2 N–H and O–H groups in total. The standard InChI is InChI=1S/C17H32N2OS/c1-4-17(2,3)13-7-9-14(10-8-13)19-16(21)18-12-15-6-5-11-20-15/h13-15H,4-12H2,1-3H3,(H2,18,19,21). The van der Waals surface area contributed by atoms with E-state index in [1.54, 1.807) is 0 Å². The van der Waals surface area contributed by atoms with Crippen molar-refractivity contribution in [3.63, 3.8) is 0 Å². The van der Waals surface area contributed by atoms with Crippen LogP contribution in [0.2, 0.25) is 0 Å². The van der Waals surface area contributed by atoms with E-state index in [-0.39, 0.29) is 0 Å². The van der Waals surface area contributed by atoms with Gasteiger partial charge in [-0.1, -0.05) is 27.2 Å². The van der Waals surface area contributed by atoms with Crippen molar-refractivity contribution in [2.24, 2.45) is 11.3 Å². The van der Waals surface area contributed by atoms with E-state index in [1.807, 2.05) is 0 Å². The molecule has 2 fully saturated rings. The fraction of sp³-hybridized carbons (Fsp3) is 0.941. The molecule has 1 saturated heterocycles. The van der Waals surface area contributed by atoms with Crippen molar-refractivity contribution in [2.45, 2.75) is 77.9 Å². The van der Waals surface area contributed by atoms with Crippen molar-refractivity contribution in [2.75, 3.05) is 13.2 Å². The topological polar surface area (TPSA) is 33.3 Å². The maximum Gasteiger partial charge on any atom is 0.166 e. The number of thiocarbonyl (C=S) groups is 1. The normalized spacial score (nSPS) is 30.1. The Bertz CT molecular complexity index is 332. The number of ether oxygens (including phenoxy) is 1. The molecule has 0 spiro atoms. The summed E-state index contributed by atoms with van der Waals surface area (Å²) in [4.78, 5) is 0. The Morgan fingerprint density at radius 1 is 1.19 bits per heavy atom. The molecule has 0 amide bonds. The molecule has 1 atom stereocenters. The van der Waals surface area contributed by atoms with E-state index in [4.69, 9.17) is 17.0 Å². The molecule has 1 unspecified atom stereocenters. The van der Waals surface area contributed by atoms with Gasteiger partial charge in [0, 0.05) is 19.2 Å². The van der Waals surface area contributed by atoms with E-state index in [2.05, 4.69) is 31.4 Å².